The standard InChI is InChI=1S/C14H21N3OS/c1-18-13-5-3-2-4-12(13)10-16-6-8-17(9-7-16)11-14(15)19/h2-5H,6-11H2,1H3,(H2,15,19). The minimum atomic E-state index is 0.582. The predicted octanol–water partition coefficient (Wildman–Crippen LogP) is 1.10. The van der Waals surface area contributed by atoms with Gasteiger partial charge in [-0.1, -0.05) is 30.4 Å². The lowest BCUT2D eigenvalue weighted by Gasteiger charge is -2.34. The second-order valence-corrected chi connectivity index (χ2v) is 5.35. The van der Waals surface area contributed by atoms with Gasteiger partial charge in [-0.05, 0) is 6.07 Å². The summed E-state index contributed by atoms with van der Waals surface area (Å²) in [5.41, 5.74) is 6.82. The van der Waals surface area contributed by atoms with Gasteiger partial charge in [0.2, 0.25) is 0 Å². The number of thiocarbonyl (C=S) groups is 1. The number of hydrogen-bond acceptors (Lipinski definition) is 4. The molecular formula is C14H21N3OS. The normalized spacial score (nSPS) is 17.3. The van der Waals surface area contributed by atoms with E-state index in [2.05, 4.69) is 21.9 Å². The summed E-state index contributed by atoms with van der Waals surface area (Å²) in [7, 11) is 1.72. The lowest BCUT2D eigenvalue weighted by Crippen LogP contribution is -2.48. The monoisotopic (exact) mass is 279 g/mol. The second-order valence-electron chi connectivity index (χ2n) is 4.83. The number of ether oxygens (including phenoxy) is 1. The van der Waals surface area contributed by atoms with E-state index in [1.54, 1.807) is 7.11 Å². The van der Waals surface area contributed by atoms with Crippen LogP contribution in [0.4, 0.5) is 0 Å². The minimum Gasteiger partial charge on any atom is -0.496 e. The summed E-state index contributed by atoms with van der Waals surface area (Å²) in [6.45, 7) is 5.79. The van der Waals surface area contributed by atoms with E-state index >= 15 is 0 Å². The number of methoxy groups -OCH3 is 1. The highest BCUT2D eigenvalue weighted by Gasteiger charge is 2.18. The molecule has 0 atom stereocenters. The maximum Gasteiger partial charge on any atom is 0.123 e. The summed E-state index contributed by atoms with van der Waals surface area (Å²) in [5.74, 6) is 0.966. The summed E-state index contributed by atoms with van der Waals surface area (Å²) in [6, 6.07) is 8.20. The zero-order chi connectivity index (χ0) is 13.7. The Morgan fingerprint density at radius 3 is 2.47 bits per heavy atom. The van der Waals surface area contributed by atoms with E-state index < -0.39 is 0 Å². The number of piperazine rings is 1. The third-order valence-electron chi connectivity index (χ3n) is 3.43. The number of nitrogens with two attached hydrogens (primary N) is 1. The third kappa shape index (κ3) is 4.16. The van der Waals surface area contributed by atoms with E-state index in [-0.39, 0.29) is 0 Å². The molecule has 1 fully saturated rings. The highest BCUT2D eigenvalue weighted by Crippen LogP contribution is 2.19. The Labute approximate surface area is 120 Å². The zero-order valence-corrected chi connectivity index (χ0v) is 12.2. The highest BCUT2D eigenvalue weighted by atomic mass is 32.1. The molecule has 0 aromatic heterocycles. The molecule has 0 aliphatic carbocycles. The van der Waals surface area contributed by atoms with Crippen LogP contribution >= 0.6 is 12.2 Å². The van der Waals surface area contributed by atoms with Crippen LogP contribution < -0.4 is 10.5 Å². The Balaban J connectivity index is 1.87. The molecule has 0 spiro atoms. The van der Waals surface area contributed by atoms with Crippen molar-refractivity contribution in [2.24, 2.45) is 5.73 Å². The van der Waals surface area contributed by atoms with Crippen molar-refractivity contribution in [3.8, 4) is 5.75 Å². The molecule has 4 nitrogen and oxygen atoms in total. The van der Waals surface area contributed by atoms with Gasteiger partial charge in [0.05, 0.1) is 12.1 Å². The maximum absolute atomic E-state index is 5.58. The lowest BCUT2D eigenvalue weighted by molar-refractivity contribution is 0.139. The Hall–Kier alpha value is -1.17. The van der Waals surface area contributed by atoms with Crippen molar-refractivity contribution < 1.29 is 4.74 Å². The van der Waals surface area contributed by atoms with Gasteiger partial charge in [-0.2, -0.15) is 0 Å². The zero-order valence-electron chi connectivity index (χ0n) is 11.3. The van der Waals surface area contributed by atoms with E-state index in [9.17, 15) is 0 Å². The average molecular weight is 279 g/mol. The maximum atomic E-state index is 5.58. The summed E-state index contributed by atoms with van der Waals surface area (Å²) >= 11 is 4.95. The van der Waals surface area contributed by atoms with Crippen molar-refractivity contribution in [2.75, 3.05) is 39.8 Å². The molecule has 0 amide bonds. The molecule has 104 valence electrons. The van der Waals surface area contributed by atoms with Crippen molar-refractivity contribution in [2.45, 2.75) is 6.54 Å². The van der Waals surface area contributed by atoms with Gasteiger partial charge in [0.15, 0.2) is 0 Å². The van der Waals surface area contributed by atoms with Crippen molar-refractivity contribution >= 4 is 17.2 Å². The molecule has 2 N–H and O–H groups in total. The van der Waals surface area contributed by atoms with Crippen LogP contribution in [0, 0.1) is 0 Å². The molecule has 19 heavy (non-hydrogen) atoms. The number of hydrogen-bond donors (Lipinski definition) is 1. The van der Waals surface area contributed by atoms with Crippen molar-refractivity contribution in [1.82, 2.24) is 9.80 Å². The van der Waals surface area contributed by atoms with Crippen LogP contribution in [0.3, 0.4) is 0 Å². The van der Waals surface area contributed by atoms with Gasteiger partial charge < -0.3 is 10.5 Å². The van der Waals surface area contributed by atoms with Crippen LogP contribution in [-0.4, -0.2) is 54.6 Å². The SMILES string of the molecule is COc1ccccc1CN1CCN(CC(N)=S)CC1. The quantitative estimate of drug-likeness (QED) is 0.818. The van der Waals surface area contributed by atoms with Crippen LogP contribution in [-0.2, 0) is 6.54 Å². The van der Waals surface area contributed by atoms with Gasteiger partial charge in [-0.25, -0.2) is 0 Å². The molecule has 0 bridgehead atoms. The van der Waals surface area contributed by atoms with Crippen LogP contribution in [0.15, 0.2) is 24.3 Å². The fraction of sp³-hybridized carbons (Fsp3) is 0.500. The minimum absolute atomic E-state index is 0.582. The first-order valence-electron chi connectivity index (χ1n) is 6.54. The van der Waals surface area contributed by atoms with Crippen LogP contribution in [0.5, 0.6) is 5.75 Å². The largest absolute Gasteiger partial charge is 0.496 e. The molecule has 2 rings (SSSR count). The molecule has 1 aromatic carbocycles. The molecule has 0 radical (unpaired) electrons. The van der Waals surface area contributed by atoms with Crippen molar-refractivity contribution in [3.05, 3.63) is 29.8 Å². The van der Waals surface area contributed by atoms with E-state index in [0.717, 1.165) is 45.0 Å². The molecule has 1 aliphatic heterocycles. The summed E-state index contributed by atoms with van der Waals surface area (Å²) in [5, 5.41) is 0. The summed E-state index contributed by atoms with van der Waals surface area (Å²) < 4.78 is 5.39. The molecule has 1 aliphatic rings. The van der Waals surface area contributed by atoms with Crippen molar-refractivity contribution in [1.29, 1.82) is 0 Å². The number of para-hydroxylation sites is 1. The first-order valence-corrected chi connectivity index (χ1v) is 6.95. The first kappa shape index (κ1) is 14.2. The van der Waals surface area contributed by atoms with E-state index in [1.165, 1.54) is 5.56 Å². The van der Waals surface area contributed by atoms with Gasteiger partial charge >= 0.3 is 0 Å². The van der Waals surface area contributed by atoms with Crippen LogP contribution in [0.2, 0.25) is 0 Å². The van der Waals surface area contributed by atoms with Crippen LogP contribution in [0.25, 0.3) is 0 Å². The molecule has 1 saturated heterocycles. The summed E-state index contributed by atoms with van der Waals surface area (Å²) in [4.78, 5) is 5.33. The molecule has 0 unspecified atom stereocenters. The Morgan fingerprint density at radius 1 is 1.21 bits per heavy atom. The van der Waals surface area contributed by atoms with Gasteiger partial charge in [0, 0.05) is 44.8 Å². The number of nitrogens with zero attached hydrogens (tertiary/aromatic N) is 2. The number of rotatable bonds is 5. The summed E-state index contributed by atoms with van der Waals surface area (Å²) in [6.07, 6.45) is 0. The first-order chi connectivity index (χ1) is 9.19. The molecular weight excluding hydrogens is 258 g/mol. The Morgan fingerprint density at radius 2 is 1.84 bits per heavy atom. The molecule has 5 heteroatoms. The van der Waals surface area contributed by atoms with Crippen LogP contribution in [0.1, 0.15) is 5.56 Å². The van der Waals surface area contributed by atoms with E-state index in [1.807, 2.05) is 12.1 Å². The van der Waals surface area contributed by atoms with Gasteiger partial charge in [0.25, 0.3) is 0 Å². The third-order valence-corrected chi connectivity index (χ3v) is 3.56. The predicted molar refractivity (Wildman–Crippen MR) is 81.5 cm³/mol. The molecule has 0 saturated carbocycles. The fourth-order valence-corrected chi connectivity index (χ4v) is 2.58. The lowest BCUT2D eigenvalue weighted by atomic mass is 10.1. The Bertz CT molecular complexity index is 430. The van der Waals surface area contributed by atoms with Gasteiger partial charge in [0.1, 0.15) is 5.75 Å². The van der Waals surface area contributed by atoms with Crippen molar-refractivity contribution in [3.63, 3.8) is 0 Å². The number of benzene rings is 1. The fourth-order valence-electron chi connectivity index (χ4n) is 2.40. The smallest absolute Gasteiger partial charge is 0.123 e. The topological polar surface area (TPSA) is 41.7 Å². The van der Waals surface area contributed by atoms with E-state index in [0.29, 0.717) is 4.99 Å². The van der Waals surface area contributed by atoms with Gasteiger partial charge in [-0.15, -0.1) is 0 Å². The van der Waals surface area contributed by atoms with E-state index in [4.69, 9.17) is 22.7 Å². The molecule has 1 aromatic rings. The average Bonchev–Trinajstić information content (AvgIpc) is 2.41. The highest BCUT2D eigenvalue weighted by molar-refractivity contribution is 7.80. The second kappa shape index (κ2) is 6.84. The molecule has 1 heterocycles. The Kier molecular flexibility index (Phi) is 5.13. The van der Waals surface area contributed by atoms with Gasteiger partial charge in [-0.3, -0.25) is 9.80 Å².